The minimum Gasteiger partial charge on any atom is -0.496 e. The molecule has 1 saturated carbocycles. The Bertz CT molecular complexity index is 915. The van der Waals surface area contributed by atoms with Gasteiger partial charge in [0.25, 0.3) is 5.91 Å². The Hall–Kier alpha value is -2.60. The maximum absolute atomic E-state index is 13.2. The molecule has 1 aromatic heterocycles. The molecule has 4 rings (SSSR count). The molecule has 2 heterocycles. The number of carbonyl (C=O) groups is 2. The zero-order valence-corrected chi connectivity index (χ0v) is 17.1. The van der Waals surface area contributed by atoms with E-state index in [0.717, 1.165) is 25.0 Å². The predicted molar refractivity (Wildman–Crippen MR) is 110 cm³/mol. The van der Waals surface area contributed by atoms with E-state index in [1.807, 2.05) is 18.2 Å². The van der Waals surface area contributed by atoms with Gasteiger partial charge < -0.3 is 15.0 Å². The molecular weight excluding hydrogens is 390 g/mol. The van der Waals surface area contributed by atoms with Gasteiger partial charge in [0, 0.05) is 29.7 Å². The minimum absolute atomic E-state index is 0.00581. The fourth-order valence-corrected chi connectivity index (χ4v) is 4.60. The summed E-state index contributed by atoms with van der Waals surface area (Å²) in [6, 6.07) is 10.6. The standard InChI is InChI=1S/C22H24ClN3O3/c1-29-19-11-15(23)6-7-17(19)21(28)26-13-18(22(14-26)8-4-9-22)20(27)25-12-16-5-2-3-10-24-16/h2-3,5-7,10-11,18H,4,8-9,12-14H2,1H3,(H,25,27). The van der Waals surface area contributed by atoms with Crippen LogP contribution in [-0.4, -0.2) is 41.9 Å². The first-order valence-electron chi connectivity index (χ1n) is 9.83. The van der Waals surface area contributed by atoms with Gasteiger partial charge in [0.15, 0.2) is 0 Å². The van der Waals surface area contributed by atoms with Crippen molar-refractivity contribution in [2.45, 2.75) is 25.8 Å². The molecule has 152 valence electrons. The van der Waals surface area contributed by atoms with Crippen LogP contribution in [0.15, 0.2) is 42.6 Å². The number of aromatic nitrogens is 1. The van der Waals surface area contributed by atoms with Gasteiger partial charge >= 0.3 is 0 Å². The van der Waals surface area contributed by atoms with Crippen molar-refractivity contribution in [1.29, 1.82) is 0 Å². The van der Waals surface area contributed by atoms with Gasteiger partial charge in [-0.3, -0.25) is 14.6 Å². The quantitative estimate of drug-likeness (QED) is 0.816. The fraction of sp³-hybridized carbons (Fsp3) is 0.409. The van der Waals surface area contributed by atoms with E-state index in [1.54, 1.807) is 29.3 Å². The summed E-state index contributed by atoms with van der Waals surface area (Å²) in [6.45, 7) is 1.41. The topological polar surface area (TPSA) is 71.5 Å². The van der Waals surface area contributed by atoms with Crippen LogP contribution < -0.4 is 10.1 Å². The molecule has 1 saturated heterocycles. The van der Waals surface area contributed by atoms with Gasteiger partial charge in [0.05, 0.1) is 30.8 Å². The molecular formula is C22H24ClN3O3. The number of likely N-dealkylation sites (tertiary alicyclic amines) is 1. The van der Waals surface area contributed by atoms with Crippen molar-refractivity contribution >= 4 is 23.4 Å². The van der Waals surface area contributed by atoms with Gasteiger partial charge in [-0.05, 0) is 43.2 Å². The summed E-state index contributed by atoms with van der Waals surface area (Å²) in [7, 11) is 1.52. The highest BCUT2D eigenvalue weighted by atomic mass is 35.5. The lowest BCUT2D eigenvalue weighted by Gasteiger charge is -2.41. The first kappa shape index (κ1) is 19.7. The summed E-state index contributed by atoms with van der Waals surface area (Å²) < 4.78 is 5.34. The normalized spacial score (nSPS) is 19.7. The first-order chi connectivity index (χ1) is 14.0. The number of rotatable bonds is 5. The minimum atomic E-state index is -0.206. The van der Waals surface area contributed by atoms with E-state index in [0.29, 0.717) is 36.0 Å². The molecule has 2 fully saturated rings. The molecule has 1 unspecified atom stereocenters. The molecule has 1 aromatic carbocycles. The lowest BCUT2D eigenvalue weighted by atomic mass is 9.62. The van der Waals surface area contributed by atoms with Crippen LogP contribution >= 0.6 is 11.6 Å². The van der Waals surface area contributed by atoms with E-state index in [2.05, 4.69) is 10.3 Å². The number of carbonyl (C=O) groups excluding carboxylic acids is 2. The van der Waals surface area contributed by atoms with Crippen molar-refractivity contribution in [2.75, 3.05) is 20.2 Å². The van der Waals surface area contributed by atoms with Crippen LogP contribution in [0.1, 0.15) is 35.3 Å². The number of amides is 2. The summed E-state index contributed by atoms with van der Waals surface area (Å²) in [6.07, 6.45) is 4.74. The van der Waals surface area contributed by atoms with Gasteiger partial charge in [0.2, 0.25) is 5.91 Å². The molecule has 6 nitrogen and oxygen atoms in total. The SMILES string of the molecule is COc1cc(Cl)ccc1C(=O)N1CC(C(=O)NCc2ccccn2)C2(CCC2)C1. The number of pyridine rings is 1. The van der Waals surface area contributed by atoms with Crippen LogP contribution in [0.2, 0.25) is 5.02 Å². The van der Waals surface area contributed by atoms with E-state index in [1.165, 1.54) is 7.11 Å². The predicted octanol–water partition coefficient (Wildman–Crippen LogP) is 3.30. The van der Waals surface area contributed by atoms with Gasteiger partial charge in [-0.15, -0.1) is 0 Å². The van der Waals surface area contributed by atoms with Crippen LogP contribution in [0.3, 0.4) is 0 Å². The molecule has 1 aliphatic carbocycles. The monoisotopic (exact) mass is 413 g/mol. The number of hydrogen-bond acceptors (Lipinski definition) is 4. The maximum atomic E-state index is 13.2. The number of benzene rings is 1. The molecule has 0 bridgehead atoms. The average molecular weight is 414 g/mol. The highest BCUT2D eigenvalue weighted by Gasteiger charge is 2.54. The molecule has 2 amide bonds. The Morgan fingerprint density at radius 2 is 2.14 bits per heavy atom. The lowest BCUT2D eigenvalue weighted by molar-refractivity contribution is -0.129. The Balaban J connectivity index is 1.49. The molecule has 1 N–H and O–H groups in total. The van der Waals surface area contributed by atoms with Crippen molar-refractivity contribution in [1.82, 2.24) is 15.2 Å². The second kappa shape index (κ2) is 8.03. The summed E-state index contributed by atoms with van der Waals surface area (Å²) in [4.78, 5) is 32.2. The van der Waals surface area contributed by atoms with Crippen LogP contribution in [0.5, 0.6) is 5.75 Å². The third kappa shape index (κ3) is 3.81. The lowest BCUT2D eigenvalue weighted by Crippen LogP contribution is -2.45. The second-order valence-corrected chi connectivity index (χ2v) is 8.27. The fourth-order valence-electron chi connectivity index (χ4n) is 4.44. The van der Waals surface area contributed by atoms with Gasteiger partial charge in [-0.1, -0.05) is 24.1 Å². The van der Waals surface area contributed by atoms with E-state index in [-0.39, 0.29) is 23.1 Å². The van der Waals surface area contributed by atoms with E-state index in [9.17, 15) is 9.59 Å². The van der Waals surface area contributed by atoms with E-state index >= 15 is 0 Å². The maximum Gasteiger partial charge on any atom is 0.257 e. The Morgan fingerprint density at radius 1 is 1.31 bits per heavy atom. The molecule has 1 atom stereocenters. The average Bonchev–Trinajstić information content (AvgIpc) is 3.14. The van der Waals surface area contributed by atoms with Crippen molar-refractivity contribution < 1.29 is 14.3 Å². The molecule has 2 aliphatic rings. The van der Waals surface area contributed by atoms with E-state index in [4.69, 9.17) is 16.3 Å². The Kier molecular flexibility index (Phi) is 5.46. The van der Waals surface area contributed by atoms with E-state index < -0.39 is 0 Å². The largest absolute Gasteiger partial charge is 0.496 e. The number of ether oxygens (including phenoxy) is 1. The van der Waals surface area contributed by atoms with Gasteiger partial charge in [0.1, 0.15) is 5.75 Å². The van der Waals surface area contributed by atoms with Crippen LogP contribution in [-0.2, 0) is 11.3 Å². The summed E-state index contributed by atoms with van der Waals surface area (Å²) in [5.74, 6) is 0.119. The van der Waals surface area contributed by atoms with Gasteiger partial charge in [-0.2, -0.15) is 0 Å². The Morgan fingerprint density at radius 3 is 2.79 bits per heavy atom. The molecule has 1 spiro atoms. The number of nitrogens with one attached hydrogen (secondary N) is 1. The molecule has 1 aliphatic heterocycles. The van der Waals surface area contributed by atoms with Crippen molar-refractivity contribution in [3.8, 4) is 5.75 Å². The number of halogens is 1. The number of methoxy groups -OCH3 is 1. The third-order valence-corrected chi connectivity index (χ3v) is 6.40. The second-order valence-electron chi connectivity index (χ2n) is 7.84. The molecule has 2 aromatic rings. The Labute approximate surface area is 175 Å². The summed E-state index contributed by atoms with van der Waals surface area (Å²) in [5.41, 5.74) is 1.17. The van der Waals surface area contributed by atoms with Gasteiger partial charge in [-0.25, -0.2) is 0 Å². The number of hydrogen-bond donors (Lipinski definition) is 1. The number of nitrogens with zero attached hydrogens (tertiary/aromatic N) is 2. The van der Waals surface area contributed by atoms with Crippen molar-refractivity contribution in [3.63, 3.8) is 0 Å². The first-order valence-corrected chi connectivity index (χ1v) is 10.2. The van der Waals surface area contributed by atoms with Crippen LogP contribution in [0.4, 0.5) is 0 Å². The summed E-state index contributed by atoms with van der Waals surface area (Å²) in [5, 5.41) is 3.53. The zero-order valence-electron chi connectivity index (χ0n) is 16.4. The highest BCUT2D eigenvalue weighted by Crippen LogP contribution is 2.52. The molecule has 7 heteroatoms. The van der Waals surface area contributed by atoms with Crippen LogP contribution in [0.25, 0.3) is 0 Å². The smallest absolute Gasteiger partial charge is 0.257 e. The summed E-state index contributed by atoms with van der Waals surface area (Å²) >= 11 is 6.02. The molecule has 29 heavy (non-hydrogen) atoms. The molecule has 0 radical (unpaired) electrons. The highest BCUT2D eigenvalue weighted by molar-refractivity contribution is 6.30. The third-order valence-electron chi connectivity index (χ3n) is 6.16. The van der Waals surface area contributed by atoms with Crippen molar-refractivity contribution in [2.24, 2.45) is 11.3 Å². The zero-order chi connectivity index (χ0) is 20.4. The van der Waals surface area contributed by atoms with Crippen LogP contribution in [0, 0.1) is 11.3 Å². The van der Waals surface area contributed by atoms with Crippen molar-refractivity contribution in [3.05, 3.63) is 58.9 Å².